The minimum absolute atomic E-state index is 0.0265. The Morgan fingerprint density at radius 1 is 1.24 bits per heavy atom. The number of ether oxygens (including phenoxy) is 1. The number of allylic oxidation sites excluding steroid dienone is 1. The number of nitrogens with one attached hydrogen (secondary N) is 1. The van der Waals surface area contributed by atoms with Gasteiger partial charge < -0.3 is 15.0 Å². The molecule has 7 heteroatoms. The van der Waals surface area contributed by atoms with Gasteiger partial charge in [0, 0.05) is 38.3 Å². The van der Waals surface area contributed by atoms with E-state index >= 15 is 0 Å². The number of likely N-dealkylation sites (N-methyl/N-ethyl adjacent to an activating group) is 1. The Morgan fingerprint density at radius 3 is 2.69 bits per heavy atom. The van der Waals surface area contributed by atoms with Gasteiger partial charge in [0.15, 0.2) is 0 Å². The molecule has 1 saturated heterocycles. The molecule has 0 radical (unpaired) electrons. The first-order valence-electron chi connectivity index (χ1n) is 10.2. The van der Waals surface area contributed by atoms with E-state index in [1.54, 1.807) is 7.05 Å². The number of amides is 2. The Labute approximate surface area is 169 Å². The van der Waals surface area contributed by atoms with Crippen LogP contribution in [-0.4, -0.2) is 42.3 Å². The average molecular weight is 404 g/mol. The van der Waals surface area contributed by atoms with E-state index in [2.05, 4.69) is 5.32 Å². The van der Waals surface area contributed by atoms with Gasteiger partial charge in [-0.15, -0.1) is 0 Å². The van der Waals surface area contributed by atoms with E-state index < -0.39 is 12.0 Å². The maximum atomic E-state index is 13.3. The summed E-state index contributed by atoms with van der Waals surface area (Å²) < 4.78 is 32.4. The van der Waals surface area contributed by atoms with E-state index in [1.807, 2.05) is 24.3 Å². The minimum Gasteiger partial charge on any atom is -0.491 e. The molecule has 156 valence electrons. The van der Waals surface area contributed by atoms with Crippen LogP contribution < -0.4 is 10.1 Å². The molecule has 2 amide bonds. The van der Waals surface area contributed by atoms with E-state index in [-0.39, 0.29) is 30.6 Å². The van der Waals surface area contributed by atoms with Crippen LogP contribution in [0.4, 0.5) is 14.5 Å². The average Bonchev–Trinajstić information content (AvgIpc) is 3.28. The predicted molar refractivity (Wildman–Crippen MR) is 106 cm³/mol. The molecule has 3 aliphatic rings. The van der Waals surface area contributed by atoms with Crippen LogP contribution in [0.3, 0.4) is 0 Å². The standard InChI is InChI=1S/C22H26F2N2O3/c1-26-18(4-5-19(26)27)21(28)25-17-13-15(12-16-8-11-29-20(16)17)3-2-14-6-9-22(23,24)10-7-14/h2-3,12-14,18H,4-11H2,1H3,(H,25,28)/b3-2+. The number of alkyl halides is 2. The zero-order valence-electron chi connectivity index (χ0n) is 16.5. The van der Waals surface area contributed by atoms with Gasteiger partial charge in [-0.25, -0.2) is 8.78 Å². The lowest BCUT2D eigenvalue weighted by Crippen LogP contribution is -2.38. The predicted octanol–water partition coefficient (Wildman–Crippen LogP) is 4.02. The highest BCUT2D eigenvalue weighted by Crippen LogP contribution is 2.38. The Hall–Kier alpha value is -2.44. The fourth-order valence-electron chi connectivity index (χ4n) is 4.35. The molecular weight excluding hydrogens is 378 g/mol. The molecule has 0 spiro atoms. The summed E-state index contributed by atoms with van der Waals surface area (Å²) in [6.45, 7) is 0.560. The number of carbonyl (C=O) groups excluding carboxylic acids is 2. The lowest BCUT2D eigenvalue weighted by molar-refractivity contribution is -0.131. The summed E-state index contributed by atoms with van der Waals surface area (Å²) in [6.07, 6.45) is 6.46. The highest BCUT2D eigenvalue weighted by Gasteiger charge is 2.35. The Morgan fingerprint density at radius 2 is 2.00 bits per heavy atom. The number of likely N-dealkylation sites (tertiary alicyclic amines) is 1. The summed E-state index contributed by atoms with van der Waals surface area (Å²) >= 11 is 0. The van der Waals surface area contributed by atoms with Gasteiger partial charge in [0.1, 0.15) is 11.8 Å². The molecule has 0 aromatic heterocycles. The van der Waals surface area contributed by atoms with E-state index in [9.17, 15) is 18.4 Å². The van der Waals surface area contributed by atoms with E-state index in [0.717, 1.165) is 17.5 Å². The number of anilines is 1. The van der Waals surface area contributed by atoms with Gasteiger partial charge in [0.25, 0.3) is 0 Å². The summed E-state index contributed by atoms with van der Waals surface area (Å²) in [6, 6.07) is 3.41. The minimum atomic E-state index is -2.53. The summed E-state index contributed by atoms with van der Waals surface area (Å²) in [7, 11) is 1.65. The molecule has 2 heterocycles. The van der Waals surface area contributed by atoms with Gasteiger partial charge in [-0.1, -0.05) is 12.2 Å². The second kappa shape index (κ2) is 7.76. The van der Waals surface area contributed by atoms with Gasteiger partial charge in [-0.2, -0.15) is 0 Å². The molecule has 2 aliphatic heterocycles. The fraction of sp³-hybridized carbons (Fsp3) is 0.545. The van der Waals surface area contributed by atoms with Gasteiger partial charge >= 0.3 is 0 Å². The number of carbonyl (C=O) groups is 2. The van der Waals surface area contributed by atoms with Crippen molar-refractivity contribution in [2.75, 3.05) is 19.0 Å². The SMILES string of the molecule is CN1C(=O)CCC1C(=O)Nc1cc(/C=C/C2CCC(F)(F)CC2)cc2c1OCC2. The van der Waals surface area contributed by atoms with Crippen LogP contribution in [-0.2, 0) is 16.0 Å². The molecule has 1 saturated carbocycles. The van der Waals surface area contributed by atoms with Gasteiger partial charge in [-0.05, 0) is 42.9 Å². The van der Waals surface area contributed by atoms with Crippen molar-refractivity contribution in [3.05, 3.63) is 29.3 Å². The van der Waals surface area contributed by atoms with Gasteiger partial charge in [0.05, 0.1) is 12.3 Å². The Balaban J connectivity index is 1.50. The van der Waals surface area contributed by atoms with Gasteiger partial charge in [-0.3, -0.25) is 9.59 Å². The molecule has 1 N–H and O–H groups in total. The number of hydrogen-bond acceptors (Lipinski definition) is 3. The zero-order chi connectivity index (χ0) is 20.6. The van der Waals surface area contributed by atoms with Crippen molar-refractivity contribution in [2.45, 2.75) is 56.9 Å². The first kappa shape index (κ1) is 19.9. The topological polar surface area (TPSA) is 58.6 Å². The molecule has 2 fully saturated rings. The largest absolute Gasteiger partial charge is 0.491 e. The number of fused-ring (bicyclic) bond motifs is 1. The summed E-state index contributed by atoms with van der Waals surface area (Å²) in [5.41, 5.74) is 2.54. The van der Waals surface area contributed by atoms with Crippen LogP contribution in [0.2, 0.25) is 0 Å². The second-order valence-electron chi connectivity index (χ2n) is 8.26. The third kappa shape index (κ3) is 4.28. The van der Waals surface area contributed by atoms with Crippen molar-refractivity contribution in [1.29, 1.82) is 0 Å². The molecule has 5 nitrogen and oxygen atoms in total. The van der Waals surface area contributed by atoms with Crippen molar-refractivity contribution < 1.29 is 23.1 Å². The third-order valence-corrected chi connectivity index (χ3v) is 6.18. The Bertz CT molecular complexity index is 843. The molecule has 0 bridgehead atoms. The van der Waals surface area contributed by atoms with E-state index in [1.165, 1.54) is 4.90 Å². The van der Waals surface area contributed by atoms with Crippen molar-refractivity contribution in [2.24, 2.45) is 5.92 Å². The monoisotopic (exact) mass is 404 g/mol. The zero-order valence-corrected chi connectivity index (χ0v) is 16.5. The van der Waals surface area contributed by atoms with Crippen molar-refractivity contribution in [3.8, 4) is 5.75 Å². The molecule has 29 heavy (non-hydrogen) atoms. The van der Waals surface area contributed by atoms with Crippen LogP contribution in [0.1, 0.15) is 49.7 Å². The lowest BCUT2D eigenvalue weighted by Gasteiger charge is -2.26. The van der Waals surface area contributed by atoms with Crippen molar-refractivity contribution in [1.82, 2.24) is 4.90 Å². The lowest BCUT2D eigenvalue weighted by atomic mass is 9.86. The maximum Gasteiger partial charge on any atom is 0.248 e. The van der Waals surface area contributed by atoms with Crippen molar-refractivity contribution in [3.63, 3.8) is 0 Å². The first-order chi connectivity index (χ1) is 13.8. The third-order valence-electron chi connectivity index (χ3n) is 6.18. The fourth-order valence-corrected chi connectivity index (χ4v) is 4.35. The maximum absolute atomic E-state index is 13.3. The highest BCUT2D eigenvalue weighted by atomic mass is 19.3. The number of rotatable bonds is 4. The normalized spacial score (nSPS) is 24.0. The molecule has 1 aliphatic carbocycles. The quantitative estimate of drug-likeness (QED) is 0.825. The van der Waals surface area contributed by atoms with Crippen LogP contribution >= 0.6 is 0 Å². The highest BCUT2D eigenvalue weighted by molar-refractivity contribution is 6.00. The second-order valence-corrected chi connectivity index (χ2v) is 8.26. The summed E-state index contributed by atoms with van der Waals surface area (Å²) in [5, 5.41) is 2.93. The molecule has 1 atom stereocenters. The van der Waals surface area contributed by atoms with Crippen LogP contribution in [0.25, 0.3) is 6.08 Å². The molecular formula is C22H26F2N2O3. The Kier molecular flexibility index (Phi) is 5.32. The van der Waals surface area contributed by atoms with Crippen LogP contribution in [0.5, 0.6) is 5.75 Å². The van der Waals surface area contributed by atoms with Crippen LogP contribution in [0.15, 0.2) is 18.2 Å². The van der Waals surface area contributed by atoms with E-state index in [0.29, 0.717) is 43.7 Å². The van der Waals surface area contributed by atoms with E-state index in [4.69, 9.17) is 4.74 Å². The molecule has 1 unspecified atom stereocenters. The summed E-state index contributed by atoms with van der Waals surface area (Å²) in [5.74, 6) is -1.94. The number of hydrogen-bond donors (Lipinski definition) is 1. The van der Waals surface area contributed by atoms with Gasteiger partial charge in [0.2, 0.25) is 17.7 Å². The van der Waals surface area contributed by atoms with Crippen LogP contribution in [0, 0.1) is 5.92 Å². The molecule has 4 rings (SSSR count). The number of benzene rings is 1. The smallest absolute Gasteiger partial charge is 0.248 e. The molecule has 1 aromatic rings. The first-order valence-corrected chi connectivity index (χ1v) is 10.2. The molecule has 1 aromatic carbocycles. The number of halogens is 2. The van der Waals surface area contributed by atoms with Crippen molar-refractivity contribution >= 4 is 23.6 Å². The number of nitrogens with zero attached hydrogens (tertiary/aromatic N) is 1. The summed E-state index contributed by atoms with van der Waals surface area (Å²) in [4.78, 5) is 25.9.